The van der Waals surface area contributed by atoms with Crippen molar-refractivity contribution in [1.29, 1.82) is 0 Å². The second-order valence-electron chi connectivity index (χ2n) is 3.99. The van der Waals surface area contributed by atoms with Crippen molar-refractivity contribution in [3.8, 4) is 0 Å². The van der Waals surface area contributed by atoms with Gasteiger partial charge in [0.1, 0.15) is 6.10 Å². The molecule has 0 aliphatic carbocycles. The minimum absolute atomic E-state index is 0.0457. The van der Waals surface area contributed by atoms with Crippen molar-refractivity contribution < 1.29 is 27.5 Å². The summed E-state index contributed by atoms with van der Waals surface area (Å²) in [5.74, 6) is -1.72. The van der Waals surface area contributed by atoms with E-state index in [1.54, 1.807) is 0 Å². The first-order valence-corrected chi connectivity index (χ1v) is 5.89. The molecule has 0 fully saturated rings. The van der Waals surface area contributed by atoms with Crippen LogP contribution < -0.4 is 0 Å². The molecule has 1 amide bonds. The molecule has 0 bridgehead atoms. The third-order valence-corrected chi connectivity index (χ3v) is 2.80. The fourth-order valence-electron chi connectivity index (χ4n) is 1.67. The van der Waals surface area contributed by atoms with Gasteiger partial charge < -0.3 is 10.0 Å². The number of aliphatic hydroxyl groups excluding tert-OH is 1. The number of aliphatic hydroxyl groups is 1. The molecule has 0 radical (unpaired) electrons. The Bertz CT molecular complexity index is 279. The maximum absolute atomic E-state index is 14.1. The van der Waals surface area contributed by atoms with Crippen LogP contribution in [-0.2, 0) is 4.79 Å². The van der Waals surface area contributed by atoms with Crippen LogP contribution in [0.25, 0.3) is 0 Å². The maximum Gasteiger partial charge on any atom is 0.434 e. The lowest BCUT2D eigenvalue weighted by molar-refractivity contribution is -0.256. The molecule has 0 aliphatic heterocycles. The molecule has 108 valence electrons. The number of hydrogen-bond donors (Lipinski definition) is 1. The van der Waals surface area contributed by atoms with Crippen molar-refractivity contribution in [1.82, 2.24) is 4.90 Å². The van der Waals surface area contributed by atoms with Crippen LogP contribution in [0.2, 0.25) is 0 Å². The first kappa shape index (κ1) is 17.2. The molecule has 3 nitrogen and oxygen atoms in total. The molecule has 2 atom stereocenters. The highest BCUT2D eigenvalue weighted by Crippen LogP contribution is 2.39. The van der Waals surface area contributed by atoms with Gasteiger partial charge in [-0.15, -0.1) is 0 Å². The van der Waals surface area contributed by atoms with E-state index in [0.29, 0.717) is 0 Å². The molecule has 18 heavy (non-hydrogen) atoms. The number of rotatable bonds is 6. The Balaban J connectivity index is 5.41. The summed E-state index contributed by atoms with van der Waals surface area (Å²) in [5.41, 5.74) is -4.23. The predicted molar refractivity (Wildman–Crippen MR) is 58.7 cm³/mol. The van der Waals surface area contributed by atoms with Gasteiger partial charge in [-0.2, -0.15) is 13.2 Å². The minimum Gasteiger partial charge on any atom is -0.389 e. The molecular formula is C11H19F4NO2. The van der Waals surface area contributed by atoms with Crippen molar-refractivity contribution in [3.63, 3.8) is 0 Å². The second-order valence-corrected chi connectivity index (χ2v) is 3.99. The smallest absolute Gasteiger partial charge is 0.389 e. The number of halogens is 4. The fourth-order valence-corrected chi connectivity index (χ4v) is 1.67. The van der Waals surface area contributed by atoms with Crippen LogP contribution in [0.4, 0.5) is 17.6 Å². The van der Waals surface area contributed by atoms with Gasteiger partial charge in [-0.05, 0) is 20.3 Å². The van der Waals surface area contributed by atoms with Crippen LogP contribution in [-0.4, -0.2) is 47.0 Å². The van der Waals surface area contributed by atoms with E-state index in [2.05, 4.69) is 0 Å². The number of nitrogens with zero attached hydrogens (tertiary/aromatic N) is 1. The molecule has 0 aromatic heterocycles. The van der Waals surface area contributed by atoms with Crippen LogP contribution in [0.5, 0.6) is 0 Å². The van der Waals surface area contributed by atoms with E-state index in [4.69, 9.17) is 0 Å². The van der Waals surface area contributed by atoms with Gasteiger partial charge in [0.2, 0.25) is 0 Å². The molecule has 0 aromatic carbocycles. The van der Waals surface area contributed by atoms with Crippen LogP contribution in [0.15, 0.2) is 0 Å². The molecule has 0 heterocycles. The van der Waals surface area contributed by atoms with Gasteiger partial charge in [-0.25, -0.2) is 4.39 Å². The molecule has 0 aromatic rings. The van der Waals surface area contributed by atoms with Crippen molar-refractivity contribution >= 4 is 5.91 Å². The SMILES string of the molecule is CCCC(O)C(F)(C(=O)N(CC)CC)C(F)(F)F. The number of hydrogen-bond acceptors (Lipinski definition) is 2. The summed E-state index contributed by atoms with van der Waals surface area (Å²) in [5, 5.41) is 9.37. The molecule has 0 rings (SSSR count). The Morgan fingerprint density at radius 2 is 1.61 bits per heavy atom. The summed E-state index contributed by atoms with van der Waals surface area (Å²) in [6.45, 7) is 4.31. The number of alkyl halides is 4. The second kappa shape index (κ2) is 6.36. The number of carbonyl (C=O) groups excluding carboxylic acids is 1. The molecule has 0 aliphatic rings. The van der Waals surface area contributed by atoms with Crippen LogP contribution in [0.1, 0.15) is 33.6 Å². The summed E-state index contributed by atoms with van der Waals surface area (Å²) < 4.78 is 52.5. The van der Waals surface area contributed by atoms with Gasteiger partial charge >= 0.3 is 11.8 Å². The zero-order valence-corrected chi connectivity index (χ0v) is 10.7. The van der Waals surface area contributed by atoms with Crippen molar-refractivity contribution in [3.05, 3.63) is 0 Å². The fraction of sp³-hybridized carbons (Fsp3) is 0.909. The molecule has 0 saturated heterocycles. The van der Waals surface area contributed by atoms with E-state index in [9.17, 15) is 27.5 Å². The highest BCUT2D eigenvalue weighted by molar-refractivity contribution is 5.87. The minimum atomic E-state index is -5.43. The summed E-state index contributed by atoms with van der Waals surface area (Å²) in [7, 11) is 0. The first-order valence-electron chi connectivity index (χ1n) is 5.89. The number of carbonyl (C=O) groups is 1. The molecule has 7 heteroatoms. The van der Waals surface area contributed by atoms with Gasteiger partial charge in [0, 0.05) is 13.1 Å². The van der Waals surface area contributed by atoms with Crippen molar-refractivity contribution in [2.24, 2.45) is 0 Å². The lowest BCUT2D eigenvalue weighted by Gasteiger charge is -2.34. The van der Waals surface area contributed by atoms with Gasteiger partial charge in [-0.3, -0.25) is 4.79 Å². The van der Waals surface area contributed by atoms with Crippen LogP contribution in [0.3, 0.4) is 0 Å². The monoisotopic (exact) mass is 273 g/mol. The highest BCUT2D eigenvalue weighted by atomic mass is 19.4. The van der Waals surface area contributed by atoms with E-state index in [1.165, 1.54) is 20.8 Å². The Hall–Kier alpha value is -0.850. The Morgan fingerprint density at radius 3 is 1.89 bits per heavy atom. The quantitative estimate of drug-likeness (QED) is 0.754. The Morgan fingerprint density at radius 1 is 1.17 bits per heavy atom. The molecular weight excluding hydrogens is 254 g/mol. The van der Waals surface area contributed by atoms with Gasteiger partial charge in [0.15, 0.2) is 0 Å². The lowest BCUT2D eigenvalue weighted by atomic mass is 9.92. The van der Waals surface area contributed by atoms with E-state index in [-0.39, 0.29) is 19.5 Å². The van der Waals surface area contributed by atoms with Gasteiger partial charge in [0.25, 0.3) is 5.91 Å². The normalized spacial score (nSPS) is 17.1. The van der Waals surface area contributed by atoms with Crippen LogP contribution >= 0.6 is 0 Å². The standard InChI is InChI=1S/C11H19F4NO2/c1-4-7-8(17)10(12,11(13,14)15)9(18)16(5-2)6-3/h8,17H,4-7H2,1-3H3. The topological polar surface area (TPSA) is 40.5 Å². The van der Waals surface area contributed by atoms with Crippen LogP contribution in [0, 0.1) is 0 Å². The summed E-state index contributed by atoms with van der Waals surface area (Å²) in [6.07, 6.45) is -8.09. The third kappa shape index (κ3) is 3.13. The summed E-state index contributed by atoms with van der Waals surface area (Å²) in [4.78, 5) is 12.4. The highest BCUT2D eigenvalue weighted by Gasteiger charge is 2.66. The van der Waals surface area contributed by atoms with E-state index in [0.717, 1.165) is 4.90 Å². The third-order valence-electron chi connectivity index (χ3n) is 2.80. The van der Waals surface area contributed by atoms with E-state index >= 15 is 0 Å². The zero-order chi connectivity index (χ0) is 14.6. The summed E-state index contributed by atoms with van der Waals surface area (Å²) in [6, 6.07) is 0. The van der Waals surface area contributed by atoms with Crippen molar-refractivity contribution in [2.45, 2.75) is 51.6 Å². The summed E-state index contributed by atoms with van der Waals surface area (Å²) >= 11 is 0. The Labute approximate surface area is 104 Å². The maximum atomic E-state index is 14.1. The lowest BCUT2D eigenvalue weighted by Crippen LogP contribution is -2.61. The number of amides is 1. The van der Waals surface area contributed by atoms with E-state index in [1.807, 2.05) is 0 Å². The molecule has 1 N–H and O–H groups in total. The van der Waals surface area contributed by atoms with Crippen molar-refractivity contribution in [2.75, 3.05) is 13.1 Å². The Kier molecular flexibility index (Phi) is 6.06. The van der Waals surface area contributed by atoms with Gasteiger partial charge in [-0.1, -0.05) is 13.3 Å². The average molecular weight is 273 g/mol. The molecule has 2 unspecified atom stereocenters. The van der Waals surface area contributed by atoms with Gasteiger partial charge in [0.05, 0.1) is 0 Å². The average Bonchev–Trinajstić information content (AvgIpc) is 2.28. The van der Waals surface area contributed by atoms with E-state index < -0.39 is 30.3 Å². The largest absolute Gasteiger partial charge is 0.434 e. The zero-order valence-electron chi connectivity index (χ0n) is 10.7. The molecule has 0 spiro atoms. The predicted octanol–water partition coefficient (Wildman–Crippen LogP) is 2.29. The first-order chi connectivity index (χ1) is 8.16. The molecule has 0 saturated carbocycles.